The van der Waals surface area contributed by atoms with Crippen molar-refractivity contribution in [2.75, 3.05) is 38.0 Å². The molecule has 2 fully saturated rings. The summed E-state index contributed by atoms with van der Waals surface area (Å²) in [4.78, 5) is 16.8. The first-order chi connectivity index (χ1) is 9.28. The third-order valence-electron chi connectivity index (χ3n) is 3.81. The monoisotopic (exact) mass is 281 g/mol. The van der Waals surface area contributed by atoms with Gasteiger partial charge in [0.1, 0.15) is 0 Å². The average Bonchev–Trinajstić information content (AvgIpc) is 3.05. The quantitative estimate of drug-likeness (QED) is 0.891. The highest BCUT2D eigenvalue weighted by molar-refractivity contribution is 7.17. The van der Waals surface area contributed by atoms with E-state index in [0.717, 1.165) is 31.3 Å². The number of carbonyl (C=O) groups excluding carboxylic acids is 1. The van der Waals surface area contributed by atoms with Crippen LogP contribution in [-0.2, 0) is 0 Å². The van der Waals surface area contributed by atoms with Crippen molar-refractivity contribution in [3.8, 4) is 0 Å². The van der Waals surface area contributed by atoms with E-state index in [9.17, 15) is 4.79 Å². The molecule has 0 saturated carbocycles. The van der Waals surface area contributed by atoms with Crippen molar-refractivity contribution < 1.29 is 4.79 Å². The van der Waals surface area contributed by atoms with E-state index in [1.165, 1.54) is 30.7 Å². The van der Waals surface area contributed by atoms with E-state index in [-0.39, 0.29) is 5.91 Å². The second kappa shape index (κ2) is 5.42. The molecule has 1 aromatic heterocycles. The maximum atomic E-state index is 12.4. The number of rotatable bonds is 3. The van der Waals surface area contributed by atoms with Gasteiger partial charge in [0, 0.05) is 32.2 Å². The Hall–Kier alpha value is -1.21. The van der Waals surface area contributed by atoms with Crippen LogP contribution in [0.1, 0.15) is 29.6 Å². The lowest BCUT2D eigenvalue weighted by Gasteiger charge is -2.36. The number of hydrogen-bond acceptors (Lipinski definition) is 6. The number of anilines is 1. The Bertz CT molecular complexity index is 463. The highest BCUT2D eigenvalue weighted by Crippen LogP contribution is 2.23. The summed E-state index contributed by atoms with van der Waals surface area (Å²) in [6, 6.07) is 0.554. The molecule has 2 saturated heterocycles. The van der Waals surface area contributed by atoms with Gasteiger partial charge in [-0.3, -0.25) is 9.69 Å². The molecule has 1 amide bonds. The van der Waals surface area contributed by atoms with Gasteiger partial charge in [-0.05, 0) is 26.3 Å². The van der Waals surface area contributed by atoms with Gasteiger partial charge in [-0.15, -0.1) is 10.2 Å². The van der Waals surface area contributed by atoms with Gasteiger partial charge in [-0.2, -0.15) is 0 Å². The predicted molar refractivity (Wildman–Crippen MR) is 74.6 cm³/mol. The second-order valence-electron chi connectivity index (χ2n) is 5.03. The first-order valence-electron chi connectivity index (χ1n) is 6.88. The first kappa shape index (κ1) is 12.8. The van der Waals surface area contributed by atoms with E-state index in [2.05, 4.69) is 20.4 Å². The maximum Gasteiger partial charge on any atom is 0.285 e. The molecule has 1 N–H and O–H groups in total. The van der Waals surface area contributed by atoms with Crippen molar-refractivity contribution in [1.29, 1.82) is 0 Å². The fourth-order valence-corrected chi connectivity index (χ4v) is 3.62. The van der Waals surface area contributed by atoms with Gasteiger partial charge in [0.2, 0.25) is 10.1 Å². The molecular formula is C12H19N5OS. The minimum Gasteiger partial charge on any atom is -0.360 e. The predicted octanol–water partition coefficient (Wildman–Crippen LogP) is 0.890. The van der Waals surface area contributed by atoms with Crippen LogP contribution in [0.3, 0.4) is 0 Å². The van der Waals surface area contributed by atoms with Crippen LogP contribution < -0.4 is 5.32 Å². The summed E-state index contributed by atoms with van der Waals surface area (Å²) in [6.07, 6.45) is 2.47. The highest BCUT2D eigenvalue weighted by Gasteiger charge is 2.33. The Labute approximate surface area is 116 Å². The van der Waals surface area contributed by atoms with E-state index in [0.29, 0.717) is 11.0 Å². The molecule has 1 unspecified atom stereocenters. The molecular weight excluding hydrogens is 262 g/mol. The van der Waals surface area contributed by atoms with Gasteiger partial charge in [0.05, 0.1) is 0 Å². The lowest BCUT2D eigenvalue weighted by atomic mass is 10.1. The molecule has 0 radical (unpaired) electrons. The Morgan fingerprint density at radius 1 is 1.42 bits per heavy atom. The SMILES string of the molecule is CCNc1nnc(C(=O)N2CCN3CCCC3C2)s1. The molecule has 0 aromatic carbocycles. The van der Waals surface area contributed by atoms with Gasteiger partial charge >= 0.3 is 0 Å². The summed E-state index contributed by atoms with van der Waals surface area (Å²) in [6.45, 7) is 6.64. The van der Waals surface area contributed by atoms with Gasteiger partial charge in [0.25, 0.3) is 5.91 Å². The number of carbonyl (C=O) groups is 1. The summed E-state index contributed by atoms with van der Waals surface area (Å²) >= 11 is 1.35. The largest absolute Gasteiger partial charge is 0.360 e. The lowest BCUT2D eigenvalue weighted by molar-refractivity contribution is 0.0570. The van der Waals surface area contributed by atoms with Gasteiger partial charge in [-0.25, -0.2) is 0 Å². The standard InChI is InChI=1S/C12H19N5OS/c1-2-13-12-15-14-10(19-12)11(18)17-7-6-16-5-3-4-9(16)8-17/h9H,2-8H2,1H3,(H,13,15). The summed E-state index contributed by atoms with van der Waals surface area (Å²) in [5.41, 5.74) is 0. The molecule has 0 aliphatic carbocycles. The van der Waals surface area contributed by atoms with Crippen LogP contribution >= 0.6 is 11.3 Å². The van der Waals surface area contributed by atoms with E-state index >= 15 is 0 Å². The Balaban J connectivity index is 1.66. The Morgan fingerprint density at radius 3 is 3.16 bits per heavy atom. The Kier molecular flexibility index (Phi) is 3.65. The Morgan fingerprint density at radius 2 is 2.32 bits per heavy atom. The normalized spacial score (nSPS) is 23.4. The van der Waals surface area contributed by atoms with Gasteiger partial charge in [-0.1, -0.05) is 11.3 Å². The third kappa shape index (κ3) is 2.57. The number of nitrogens with one attached hydrogen (secondary N) is 1. The van der Waals surface area contributed by atoms with Crippen molar-refractivity contribution in [3.63, 3.8) is 0 Å². The van der Waals surface area contributed by atoms with Crippen LogP contribution in [0, 0.1) is 0 Å². The van der Waals surface area contributed by atoms with Gasteiger partial charge in [0.15, 0.2) is 0 Å². The number of amides is 1. The van der Waals surface area contributed by atoms with Crippen LogP contribution in [0.25, 0.3) is 0 Å². The zero-order chi connectivity index (χ0) is 13.2. The van der Waals surface area contributed by atoms with E-state index in [1.54, 1.807) is 0 Å². The summed E-state index contributed by atoms with van der Waals surface area (Å²) in [5, 5.41) is 12.3. The lowest BCUT2D eigenvalue weighted by Crippen LogP contribution is -2.52. The summed E-state index contributed by atoms with van der Waals surface area (Å²) < 4.78 is 0. The van der Waals surface area contributed by atoms with E-state index < -0.39 is 0 Å². The minimum atomic E-state index is 0.0354. The van der Waals surface area contributed by atoms with Crippen molar-refractivity contribution >= 4 is 22.4 Å². The van der Waals surface area contributed by atoms with Crippen molar-refractivity contribution in [3.05, 3.63) is 5.01 Å². The third-order valence-corrected chi connectivity index (χ3v) is 4.68. The highest BCUT2D eigenvalue weighted by atomic mass is 32.1. The zero-order valence-corrected chi connectivity index (χ0v) is 11.9. The molecule has 1 aromatic rings. The minimum absolute atomic E-state index is 0.0354. The molecule has 2 aliphatic rings. The number of piperazine rings is 1. The molecule has 1 atom stereocenters. The topological polar surface area (TPSA) is 61.4 Å². The molecule has 3 heterocycles. The summed E-state index contributed by atoms with van der Waals surface area (Å²) in [5.74, 6) is 0.0354. The number of aromatic nitrogens is 2. The average molecular weight is 281 g/mol. The molecule has 19 heavy (non-hydrogen) atoms. The molecule has 0 bridgehead atoms. The van der Waals surface area contributed by atoms with E-state index in [4.69, 9.17) is 0 Å². The van der Waals surface area contributed by atoms with Crippen molar-refractivity contribution in [2.24, 2.45) is 0 Å². The molecule has 0 spiro atoms. The summed E-state index contributed by atoms with van der Waals surface area (Å²) in [7, 11) is 0. The number of fused-ring (bicyclic) bond motifs is 1. The number of hydrogen-bond donors (Lipinski definition) is 1. The van der Waals surface area contributed by atoms with Crippen LogP contribution in [0.5, 0.6) is 0 Å². The zero-order valence-electron chi connectivity index (χ0n) is 11.1. The second-order valence-corrected chi connectivity index (χ2v) is 6.00. The van der Waals surface area contributed by atoms with Crippen LogP contribution in [0.15, 0.2) is 0 Å². The number of nitrogens with zero attached hydrogens (tertiary/aromatic N) is 4. The van der Waals surface area contributed by atoms with Gasteiger partial charge < -0.3 is 10.2 Å². The van der Waals surface area contributed by atoms with Crippen LogP contribution in [0.4, 0.5) is 5.13 Å². The molecule has 7 heteroatoms. The molecule has 3 rings (SSSR count). The smallest absolute Gasteiger partial charge is 0.285 e. The van der Waals surface area contributed by atoms with E-state index in [1.807, 2.05) is 11.8 Å². The molecule has 104 valence electrons. The fraction of sp³-hybridized carbons (Fsp3) is 0.750. The molecule has 6 nitrogen and oxygen atoms in total. The molecule has 2 aliphatic heterocycles. The first-order valence-corrected chi connectivity index (χ1v) is 7.70. The maximum absolute atomic E-state index is 12.4. The van der Waals surface area contributed by atoms with Crippen molar-refractivity contribution in [2.45, 2.75) is 25.8 Å². The van der Waals surface area contributed by atoms with Crippen LogP contribution in [0.2, 0.25) is 0 Å². The fourth-order valence-electron chi connectivity index (χ4n) is 2.84. The van der Waals surface area contributed by atoms with Crippen molar-refractivity contribution in [1.82, 2.24) is 20.0 Å². The van der Waals surface area contributed by atoms with Crippen LogP contribution in [-0.4, -0.2) is 64.7 Å².